The Morgan fingerprint density at radius 1 is 1.17 bits per heavy atom. The molecule has 1 N–H and O–H groups in total. The van der Waals surface area contributed by atoms with Crippen LogP contribution >= 0.6 is 0 Å². The van der Waals surface area contributed by atoms with Crippen molar-refractivity contribution in [3.63, 3.8) is 0 Å². The summed E-state index contributed by atoms with van der Waals surface area (Å²) in [6.45, 7) is 2.27. The predicted molar refractivity (Wildman–Crippen MR) is 94.0 cm³/mol. The van der Waals surface area contributed by atoms with Gasteiger partial charge >= 0.3 is 0 Å². The van der Waals surface area contributed by atoms with Crippen LogP contribution in [0.15, 0.2) is 54.6 Å². The van der Waals surface area contributed by atoms with Crippen LogP contribution < -0.4 is 14.8 Å². The number of ether oxygens (including phenoxy) is 2. The number of aryl methyl sites for hydroxylation is 1. The first-order valence-electron chi connectivity index (χ1n) is 8.13. The van der Waals surface area contributed by atoms with E-state index in [0.717, 1.165) is 24.2 Å². The van der Waals surface area contributed by atoms with Gasteiger partial charge in [0.1, 0.15) is 0 Å². The Balaban J connectivity index is 1.48. The molecule has 0 saturated carbocycles. The third-order valence-electron chi connectivity index (χ3n) is 3.92. The van der Waals surface area contributed by atoms with Crippen LogP contribution in [-0.2, 0) is 11.2 Å². The fourth-order valence-electron chi connectivity index (χ4n) is 2.58. The van der Waals surface area contributed by atoms with E-state index in [0.29, 0.717) is 5.75 Å². The third-order valence-corrected chi connectivity index (χ3v) is 3.92. The SMILES string of the molecule is C[C@H](CCc1ccccc1)NC(=O)/C=C\c1ccc2c(c1)OCO2. The standard InChI is InChI=1S/C20H21NO3/c1-15(7-8-16-5-3-2-4-6-16)21-20(22)12-10-17-9-11-18-19(13-17)24-14-23-18/h2-6,9-13,15H,7-8,14H2,1H3,(H,21,22)/b12-10-/t15-/m1/s1. The van der Waals surface area contributed by atoms with Crippen molar-refractivity contribution in [2.45, 2.75) is 25.8 Å². The second-order valence-corrected chi connectivity index (χ2v) is 5.88. The summed E-state index contributed by atoms with van der Waals surface area (Å²) in [5, 5.41) is 2.99. The molecule has 0 fully saturated rings. The van der Waals surface area contributed by atoms with Crippen molar-refractivity contribution in [3.05, 3.63) is 65.7 Å². The molecule has 4 nitrogen and oxygen atoms in total. The van der Waals surface area contributed by atoms with Gasteiger partial charge in [0.15, 0.2) is 11.5 Å². The molecule has 24 heavy (non-hydrogen) atoms. The summed E-state index contributed by atoms with van der Waals surface area (Å²) in [6.07, 6.45) is 5.19. The fourth-order valence-corrected chi connectivity index (χ4v) is 2.58. The number of benzene rings is 2. The minimum atomic E-state index is -0.0896. The lowest BCUT2D eigenvalue weighted by Gasteiger charge is -2.12. The molecular formula is C20H21NO3. The van der Waals surface area contributed by atoms with Gasteiger partial charge in [-0.2, -0.15) is 0 Å². The van der Waals surface area contributed by atoms with E-state index >= 15 is 0 Å². The molecular weight excluding hydrogens is 302 g/mol. The third kappa shape index (κ3) is 4.38. The van der Waals surface area contributed by atoms with Crippen molar-refractivity contribution in [1.82, 2.24) is 5.32 Å². The van der Waals surface area contributed by atoms with Gasteiger partial charge in [0.05, 0.1) is 0 Å². The van der Waals surface area contributed by atoms with Gasteiger partial charge in [-0.05, 0) is 49.1 Å². The minimum absolute atomic E-state index is 0.0896. The number of hydrogen-bond acceptors (Lipinski definition) is 3. The monoisotopic (exact) mass is 323 g/mol. The van der Waals surface area contributed by atoms with Gasteiger partial charge in [-0.15, -0.1) is 0 Å². The first kappa shape index (κ1) is 16.1. The Kier molecular flexibility index (Phi) is 5.16. The number of carbonyl (C=O) groups excluding carboxylic acids is 1. The van der Waals surface area contributed by atoms with Crippen molar-refractivity contribution >= 4 is 12.0 Å². The highest BCUT2D eigenvalue weighted by Crippen LogP contribution is 2.32. The Morgan fingerprint density at radius 3 is 2.79 bits per heavy atom. The van der Waals surface area contributed by atoms with Gasteiger partial charge in [0, 0.05) is 12.1 Å². The maximum absolute atomic E-state index is 12.0. The summed E-state index contributed by atoms with van der Waals surface area (Å²) in [5.41, 5.74) is 2.20. The number of rotatable bonds is 6. The second-order valence-electron chi connectivity index (χ2n) is 5.88. The van der Waals surface area contributed by atoms with Gasteiger partial charge in [0.2, 0.25) is 12.7 Å². The molecule has 0 spiro atoms. The Labute approximate surface area is 142 Å². The number of amides is 1. The van der Waals surface area contributed by atoms with Crippen LogP contribution in [0.2, 0.25) is 0 Å². The second kappa shape index (κ2) is 7.68. The largest absolute Gasteiger partial charge is 0.454 e. The van der Waals surface area contributed by atoms with Gasteiger partial charge in [-0.3, -0.25) is 4.79 Å². The first-order valence-corrected chi connectivity index (χ1v) is 8.13. The van der Waals surface area contributed by atoms with Crippen LogP contribution in [0.5, 0.6) is 11.5 Å². The molecule has 0 bridgehead atoms. The molecule has 0 aliphatic carbocycles. The molecule has 1 amide bonds. The Hall–Kier alpha value is -2.75. The van der Waals surface area contributed by atoms with Crippen molar-refractivity contribution in [2.24, 2.45) is 0 Å². The molecule has 1 heterocycles. The normalized spacial score (nSPS) is 13.9. The number of hydrogen-bond donors (Lipinski definition) is 1. The maximum atomic E-state index is 12.0. The molecule has 2 aromatic rings. The number of carbonyl (C=O) groups is 1. The van der Waals surface area contributed by atoms with Crippen LogP contribution in [-0.4, -0.2) is 18.7 Å². The van der Waals surface area contributed by atoms with Crippen LogP contribution in [0.1, 0.15) is 24.5 Å². The van der Waals surface area contributed by atoms with Gasteiger partial charge in [0.25, 0.3) is 0 Å². The quantitative estimate of drug-likeness (QED) is 0.827. The van der Waals surface area contributed by atoms with Crippen molar-refractivity contribution in [1.29, 1.82) is 0 Å². The highest BCUT2D eigenvalue weighted by Gasteiger charge is 2.12. The summed E-state index contributed by atoms with van der Waals surface area (Å²) in [4.78, 5) is 12.0. The molecule has 124 valence electrons. The summed E-state index contributed by atoms with van der Waals surface area (Å²) in [6, 6.07) is 16.0. The molecule has 1 atom stereocenters. The van der Waals surface area contributed by atoms with E-state index in [4.69, 9.17) is 9.47 Å². The molecule has 0 aromatic heterocycles. The Bertz CT molecular complexity index is 725. The lowest BCUT2D eigenvalue weighted by Crippen LogP contribution is -2.31. The number of fused-ring (bicyclic) bond motifs is 1. The lowest BCUT2D eigenvalue weighted by molar-refractivity contribution is -0.117. The molecule has 2 aromatic carbocycles. The highest BCUT2D eigenvalue weighted by molar-refractivity contribution is 5.92. The topological polar surface area (TPSA) is 47.6 Å². The molecule has 1 aliphatic rings. The van der Waals surface area contributed by atoms with E-state index in [1.165, 1.54) is 5.56 Å². The molecule has 4 heteroatoms. The van der Waals surface area contributed by atoms with Crippen LogP contribution in [0, 0.1) is 0 Å². The van der Waals surface area contributed by atoms with E-state index in [-0.39, 0.29) is 18.7 Å². The summed E-state index contributed by atoms with van der Waals surface area (Å²) in [5.74, 6) is 1.37. The molecule has 1 aliphatic heterocycles. The van der Waals surface area contributed by atoms with Crippen LogP contribution in [0.3, 0.4) is 0 Å². The zero-order valence-electron chi connectivity index (χ0n) is 13.7. The summed E-state index contributed by atoms with van der Waals surface area (Å²) >= 11 is 0. The summed E-state index contributed by atoms with van der Waals surface area (Å²) < 4.78 is 10.6. The minimum Gasteiger partial charge on any atom is -0.454 e. The van der Waals surface area contributed by atoms with E-state index in [1.807, 2.05) is 43.3 Å². The van der Waals surface area contributed by atoms with Crippen LogP contribution in [0.4, 0.5) is 0 Å². The Morgan fingerprint density at radius 2 is 1.96 bits per heavy atom. The number of nitrogens with one attached hydrogen (secondary N) is 1. The van der Waals surface area contributed by atoms with Gasteiger partial charge in [-0.1, -0.05) is 36.4 Å². The van der Waals surface area contributed by atoms with E-state index in [9.17, 15) is 4.79 Å². The van der Waals surface area contributed by atoms with E-state index in [1.54, 1.807) is 12.2 Å². The average molecular weight is 323 g/mol. The average Bonchev–Trinajstić information content (AvgIpc) is 3.07. The van der Waals surface area contributed by atoms with Gasteiger partial charge in [-0.25, -0.2) is 0 Å². The maximum Gasteiger partial charge on any atom is 0.244 e. The zero-order chi connectivity index (χ0) is 16.8. The van der Waals surface area contributed by atoms with Gasteiger partial charge < -0.3 is 14.8 Å². The van der Waals surface area contributed by atoms with Crippen molar-refractivity contribution < 1.29 is 14.3 Å². The van der Waals surface area contributed by atoms with Crippen LogP contribution in [0.25, 0.3) is 6.08 Å². The molecule has 0 unspecified atom stereocenters. The molecule has 3 rings (SSSR count). The van der Waals surface area contributed by atoms with E-state index < -0.39 is 0 Å². The summed E-state index contributed by atoms with van der Waals surface area (Å²) in [7, 11) is 0. The van der Waals surface area contributed by atoms with Crippen molar-refractivity contribution in [2.75, 3.05) is 6.79 Å². The zero-order valence-corrected chi connectivity index (χ0v) is 13.7. The van der Waals surface area contributed by atoms with E-state index in [2.05, 4.69) is 17.4 Å². The lowest BCUT2D eigenvalue weighted by atomic mass is 10.1. The molecule has 0 radical (unpaired) electrons. The molecule has 0 saturated heterocycles. The fraction of sp³-hybridized carbons (Fsp3) is 0.250. The first-order chi connectivity index (χ1) is 11.7. The highest BCUT2D eigenvalue weighted by atomic mass is 16.7. The smallest absolute Gasteiger partial charge is 0.244 e. The van der Waals surface area contributed by atoms with Crippen molar-refractivity contribution in [3.8, 4) is 11.5 Å². The predicted octanol–water partition coefficient (Wildman–Crippen LogP) is 3.57.